The van der Waals surface area contributed by atoms with Crippen LogP contribution in [0.1, 0.15) is 12.0 Å². The zero-order chi connectivity index (χ0) is 19.1. The second-order valence-corrected chi connectivity index (χ2v) is 7.18. The van der Waals surface area contributed by atoms with Gasteiger partial charge in [0.25, 0.3) is 0 Å². The molecule has 0 atom stereocenters. The third-order valence-corrected chi connectivity index (χ3v) is 5.46. The monoisotopic (exact) mass is 376 g/mol. The number of piperazine rings is 2. The lowest BCUT2D eigenvalue weighted by Crippen LogP contribution is -2.49. The number of benzene rings is 1. The second-order valence-electron chi connectivity index (χ2n) is 7.18. The van der Waals surface area contributed by atoms with E-state index in [0.717, 1.165) is 82.5 Å². The maximum atomic E-state index is 12.3. The van der Waals surface area contributed by atoms with Crippen molar-refractivity contribution in [2.75, 3.05) is 73.1 Å². The quantitative estimate of drug-likeness (QED) is 0.754. The van der Waals surface area contributed by atoms with Crippen LogP contribution in [0.25, 0.3) is 0 Å². The topological polar surface area (TPSA) is 57.3 Å². The van der Waals surface area contributed by atoms with Crippen molar-refractivity contribution in [3.8, 4) is 11.5 Å². The van der Waals surface area contributed by atoms with Crippen LogP contribution in [0.5, 0.6) is 11.5 Å². The summed E-state index contributed by atoms with van der Waals surface area (Å²) >= 11 is 0. The predicted octanol–water partition coefficient (Wildman–Crippen LogP) is 0.643. The van der Waals surface area contributed by atoms with E-state index in [0.29, 0.717) is 12.3 Å². The molecule has 1 amide bonds. The largest absolute Gasteiger partial charge is 0.497 e. The standard InChI is InChI=1S/C20H32N4O3/c1-26-18-3-4-19(27-2)17(15-18)16-23-13-11-22(12-14-23)8-5-20(25)24-9-6-21-7-10-24/h3-4,15,21H,5-14,16H2,1-2H3. The molecule has 1 aromatic carbocycles. The lowest BCUT2D eigenvalue weighted by Gasteiger charge is -2.35. The fourth-order valence-electron chi connectivity index (χ4n) is 3.74. The molecule has 1 N–H and O–H groups in total. The van der Waals surface area contributed by atoms with Gasteiger partial charge in [0.15, 0.2) is 0 Å². The van der Waals surface area contributed by atoms with Crippen molar-refractivity contribution in [1.29, 1.82) is 0 Å². The van der Waals surface area contributed by atoms with Gasteiger partial charge in [-0.05, 0) is 18.2 Å². The first-order valence-electron chi connectivity index (χ1n) is 9.83. The maximum Gasteiger partial charge on any atom is 0.223 e. The molecular formula is C20H32N4O3. The molecule has 0 aliphatic carbocycles. The zero-order valence-electron chi connectivity index (χ0n) is 16.6. The van der Waals surface area contributed by atoms with Crippen molar-refractivity contribution in [1.82, 2.24) is 20.0 Å². The highest BCUT2D eigenvalue weighted by Gasteiger charge is 2.21. The number of rotatable bonds is 7. The number of carbonyl (C=O) groups excluding carboxylic acids is 1. The van der Waals surface area contributed by atoms with Gasteiger partial charge in [0.2, 0.25) is 5.91 Å². The van der Waals surface area contributed by atoms with E-state index in [-0.39, 0.29) is 0 Å². The SMILES string of the molecule is COc1ccc(OC)c(CN2CCN(CCC(=O)N3CCNCC3)CC2)c1. The number of ether oxygens (including phenoxy) is 2. The van der Waals surface area contributed by atoms with E-state index in [1.165, 1.54) is 0 Å². The molecule has 2 saturated heterocycles. The summed E-state index contributed by atoms with van der Waals surface area (Å²) in [7, 11) is 3.39. The summed E-state index contributed by atoms with van der Waals surface area (Å²) in [5.74, 6) is 2.05. The average molecular weight is 377 g/mol. The lowest BCUT2D eigenvalue weighted by molar-refractivity contribution is -0.132. The van der Waals surface area contributed by atoms with E-state index in [2.05, 4.69) is 21.2 Å². The minimum atomic E-state index is 0.292. The molecule has 7 heteroatoms. The first-order chi connectivity index (χ1) is 13.2. The third kappa shape index (κ3) is 5.57. The Labute approximate surface area is 162 Å². The molecular weight excluding hydrogens is 344 g/mol. The van der Waals surface area contributed by atoms with Crippen molar-refractivity contribution in [3.05, 3.63) is 23.8 Å². The molecule has 0 aromatic heterocycles. The molecule has 2 aliphatic rings. The summed E-state index contributed by atoms with van der Waals surface area (Å²) in [6.45, 7) is 9.24. The van der Waals surface area contributed by atoms with Gasteiger partial charge in [-0.1, -0.05) is 0 Å². The molecule has 150 valence electrons. The summed E-state index contributed by atoms with van der Waals surface area (Å²) in [4.78, 5) is 19.1. The Bertz CT molecular complexity index is 611. The molecule has 2 fully saturated rings. The highest BCUT2D eigenvalue weighted by Crippen LogP contribution is 2.25. The van der Waals surface area contributed by atoms with Gasteiger partial charge in [-0.3, -0.25) is 9.69 Å². The molecule has 2 aliphatic heterocycles. The van der Waals surface area contributed by atoms with Gasteiger partial charge in [-0.15, -0.1) is 0 Å². The van der Waals surface area contributed by atoms with E-state index in [9.17, 15) is 4.79 Å². The second kappa shape index (κ2) is 9.92. The molecule has 0 unspecified atom stereocenters. The van der Waals surface area contributed by atoms with Crippen LogP contribution in [0, 0.1) is 0 Å². The van der Waals surface area contributed by atoms with Gasteiger partial charge in [0, 0.05) is 77.4 Å². The Balaban J connectivity index is 1.43. The van der Waals surface area contributed by atoms with Crippen molar-refractivity contribution in [3.63, 3.8) is 0 Å². The van der Waals surface area contributed by atoms with Crippen LogP contribution < -0.4 is 14.8 Å². The molecule has 2 heterocycles. The number of hydrogen-bond donors (Lipinski definition) is 1. The van der Waals surface area contributed by atoms with E-state index in [1.807, 2.05) is 17.0 Å². The van der Waals surface area contributed by atoms with Crippen molar-refractivity contribution < 1.29 is 14.3 Å². The first-order valence-corrected chi connectivity index (χ1v) is 9.83. The van der Waals surface area contributed by atoms with Crippen molar-refractivity contribution in [2.45, 2.75) is 13.0 Å². The summed E-state index contributed by atoms with van der Waals surface area (Å²) in [6.07, 6.45) is 0.629. The van der Waals surface area contributed by atoms with Gasteiger partial charge in [-0.2, -0.15) is 0 Å². The number of amides is 1. The van der Waals surface area contributed by atoms with E-state index >= 15 is 0 Å². The highest BCUT2D eigenvalue weighted by atomic mass is 16.5. The fourth-order valence-corrected chi connectivity index (χ4v) is 3.74. The third-order valence-electron chi connectivity index (χ3n) is 5.46. The zero-order valence-corrected chi connectivity index (χ0v) is 16.6. The van der Waals surface area contributed by atoms with Crippen LogP contribution in [0.15, 0.2) is 18.2 Å². The molecule has 7 nitrogen and oxygen atoms in total. The normalized spacial score (nSPS) is 19.1. The first kappa shape index (κ1) is 19.9. The maximum absolute atomic E-state index is 12.3. The number of hydrogen-bond acceptors (Lipinski definition) is 6. The van der Waals surface area contributed by atoms with Crippen LogP contribution in [0.4, 0.5) is 0 Å². The minimum absolute atomic E-state index is 0.292. The highest BCUT2D eigenvalue weighted by molar-refractivity contribution is 5.76. The van der Waals surface area contributed by atoms with Crippen molar-refractivity contribution in [2.24, 2.45) is 0 Å². The fraction of sp³-hybridized carbons (Fsp3) is 0.650. The van der Waals surface area contributed by atoms with E-state index < -0.39 is 0 Å². The summed E-state index contributed by atoms with van der Waals surface area (Å²) < 4.78 is 10.8. The molecule has 0 bridgehead atoms. The van der Waals surface area contributed by atoms with Crippen LogP contribution >= 0.6 is 0 Å². The smallest absolute Gasteiger partial charge is 0.223 e. The van der Waals surface area contributed by atoms with Crippen molar-refractivity contribution >= 4 is 5.91 Å². The predicted molar refractivity (Wildman–Crippen MR) is 105 cm³/mol. The molecule has 0 radical (unpaired) electrons. The summed E-state index contributed by atoms with van der Waals surface area (Å²) in [5, 5.41) is 3.29. The van der Waals surface area contributed by atoms with Gasteiger partial charge in [0.05, 0.1) is 14.2 Å². The Kier molecular flexibility index (Phi) is 7.32. The minimum Gasteiger partial charge on any atom is -0.497 e. The van der Waals surface area contributed by atoms with Gasteiger partial charge < -0.3 is 24.6 Å². The van der Waals surface area contributed by atoms with Crippen LogP contribution in [-0.2, 0) is 11.3 Å². The Morgan fingerprint density at radius 1 is 1.00 bits per heavy atom. The van der Waals surface area contributed by atoms with Gasteiger partial charge in [-0.25, -0.2) is 0 Å². The van der Waals surface area contributed by atoms with Gasteiger partial charge in [0.1, 0.15) is 11.5 Å². The van der Waals surface area contributed by atoms with Gasteiger partial charge >= 0.3 is 0 Å². The van der Waals surface area contributed by atoms with Crippen LogP contribution in [0.3, 0.4) is 0 Å². The van der Waals surface area contributed by atoms with Crippen LogP contribution in [0.2, 0.25) is 0 Å². The number of methoxy groups -OCH3 is 2. The van der Waals surface area contributed by atoms with E-state index in [4.69, 9.17) is 9.47 Å². The lowest BCUT2D eigenvalue weighted by atomic mass is 10.1. The average Bonchev–Trinajstić information content (AvgIpc) is 2.73. The Morgan fingerprint density at radius 2 is 1.70 bits per heavy atom. The van der Waals surface area contributed by atoms with Crippen LogP contribution in [-0.4, -0.2) is 93.7 Å². The molecule has 3 rings (SSSR count). The van der Waals surface area contributed by atoms with E-state index in [1.54, 1.807) is 14.2 Å². The number of nitrogens with zero attached hydrogens (tertiary/aromatic N) is 3. The molecule has 0 spiro atoms. The summed E-state index contributed by atoms with van der Waals surface area (Å²) in [5.41, 5.74) is 1.15. The number of nitrogens with one attached hydrogen (secondary N) is 1. The Morgan fingerprint density at radius 3 is 2.37 bits per heavy atom. The molecule has 27 heavy (non-hydrogen) atoms. The number of carbonyl (C=O) groups is 1. The molecule has 0 saturated carbocycles. The Hall–Kier alpha value is -1.83. The summed E-state index contributed by atoms with van der Waals surface area (Å²) in [6, 6.07) is 5.94. The molecule has 1 aromatic rings.